The molecular formula is C16H18ClFN4O4S2. The van der Waals surface area contributed by atoms with Crippen molar-refractivity contribution in [3.8, 4) is 0 Å². The van der Waals surface area contributed by atoms with Gasteiger partial charge in [0.25, 0.3) is 10.0 Å². The van der Waals surface area contributed by atoms with Gasteiger partial charge in [0.15, 0.2) is 0 Å². The minimum absolute atomic E-state index is 0.0318. The van der Waals surface area contributed by atoms with Crippen LogP contribution < -0.4 is 10.3 Å². The summed E-state index contributed by atoms with van der Waals surface area (Å²) < 4.78 is 64.2. The topological polar surface area (TPSA) is 108 Å². The van der Waals surface area contributed by atoms with Crippen molar-refractivity contribution >= 4 is 37.5 Å². The fourth-order valence-electron chi connectivity index (χ4n) is 2.73. The molecule has 1 aliphatic heterocycles. The van der Waals surface area contributed by atoms with Crippen molar-refractivity contribution in [2.24, 2.45) is 0 Å². The summed E-state index contributed by atoms with van der Waals surface area (Å²) >= 11 is 5.77. The number of nitrogens with one attached hydrogen (secondary N) is 2. The lowest BCUT2D eigenvalue weighted by Crippen LogP contribution is -2.35. The van der Waals surface area contributed by atoms with Crippen molar-refractivity contribution < 1.29 is 21.2 Å². The van der Waals surface area contributed by atoms with E-state index in [1.54, 1.807) is 0 Å². The van der Waals surface area contributed by atoms with E-state index < -0.39 is 25.9 Å². The molecule has 2 aromatic rings. The maximum absolute atomic E-state index is 13.1. The van der Waals surface area contributed by atoms with Gasteiger partial charge in [0, 0.05) is 19.3 Å². The van der Waals surface area contributed by atoms with Gasteiger partial charge in [-0.3, -0.25) is 5.43 Å². The molecular weight excluding hydrogens is 431 g/mol. The summed E-state index contributed by atoms with van der Waals surface area (Å²) in [5.41, 5.74) is 2.37. The summed E-state index contributed by atoms with van der Waals surface area (Å²) in [5, 5.41) is -0.273. The van der Waals surface area contributed by atoms with Crippen LogP contribution in [0.25, 0.3) is 0 Å². The maximum atomic E-state index is 13.1. The van der Waals surface area contributed by atoms with Crippen molar-refractivity contribution in [1.82, 2.24) is 14.1 Å². The first-order chi connectivity index (χ1) is 13.2. The second-order valence-corrected chi connectivity index (χ2v) is 10.1. The lowest BCUT2D eigenvalue weighted by atomic mass is 10.2. The van der Waals surface area contributed by atoms with Gasteiger partial charge in [-0.25, -0.2) is 26.2 Å². The SMILES string of the molecule is O=S(=O)(NNc1ccc(S(=O)(=O)N2CCCCC2)cn1)c1ccc(F)cc1Cl. The molecule has 28 heavy (non-hydrogen) atoms. The number of halogens is 2. The van der Waals surface area contributed by atoms with Gasteiger partial charge in [0.2, 0.25) is 10.0 Å². The molecule has 2 heterocycles. The number of nitrogens with zero attached hydrogens (tertiary/aromatic N) is 2. The number of benzene rings is 1. The van der Waals surface area contributed by atoms with E-state index in [2.05, 4.69) is 15.2 Å². The van der Waals surface area contributed by atoms with Crippen LogP contribution in [0.3, 0.4) is 0 Å². The van der Waals surface area contributed by atoms with E-state index in [4.69, 9.17) is 11.6 Å². The van der Waals surface area contributed by atoms with Crippen LogP contribution in [0.4, 0.5) is 10.2 Å². The Morgan fingerprint density at radius 1 is 1.04 bits per heavy atom. The number of hydrogen-bond donors (Lipinski definition) is 2. The molecule has 0 spiro atoms. The third kappa shape index (κ3) is 4.61. The maximum Gasteiger partial charge on any atom is 0.258 e. The lowest BCUT2D eigenvalue weighted by Gasteiger charge is -2.25. The highest BCUT2D eigenvalue weighted by Gasteiger charge is 2.26. The van der Waals surface area contributed by atoms with Crippen LogP contribution in [-0.2, 0) is 20.0 Å². The Morgan fingerprint density at radius 2 is 1.75 bits per heavy atom. The minimum Gasteiger partial charge on any atom is -0.292 e. The molecule has 0 bridgehead atoms. The van der Waals surface area contributed by atoms with Crippen molar-refractivity contribution in [3.05, 3.63) is 47.4 Å². The van der Waals surface area contributed by atoms with Gasteiger partial charge in [-0.05, 0) is 43.2 Å². The summed E-state index contributed by atoms with van der Waals surface area (Å²) in [4.78, 5) is 5.72. The Hall–Kier alpha value is -1.79. The van der Waals surface area contributed by atoms with E-state index in [-0.39, 0.29) is 20.6 Å². The molecule has 0 amide bonds. The normalized spacial score (nSPS) is 16.1. The molecule has 0 aliphatic carbocycles. The number of anilines is 1. The smallest absolute Gasteiger partial charge is 0.258 e. The van der Waals surface area contributed by atoms with E-state index in [1.165, 1.54) is 16.4 Å². The molecule has 1 saturated heterocycles. The average molecular weight is 449 g/mol. The molecule has 0 unspecified atom stereocenters. The summed E-state index contributed by atoms with van der Waals surface area (Å²) in [6.45, 7) is 0.946. The van der Waals surface area contributed by atoms with Crippen LogP contribution in [-0.4, -0.2) is 39.2 Å². The summed E-state index contributed by atoms with van der Waals surface area (Å²) in [5.74, 6) is -0.580. The van der Waals surface area contributed by atoms with E-state index in [9.17, 15) is 21.2 Å². The third-order valence-corrected chi connectivity index (χ3v) is 7.80. The van der Waals surface area contributed by atoms with Gasteiger partial charge in [-0.2, -0.15) is 4.31 Å². The van der Waals surface area contributed by atoms with Gasteiger partial charge < -0.3 is 0 Å². The highest BCUT2D eigenvalue weighted by atomic mass is 35.5. The number of aromatic nitrogens is 1. The first kappa shape index (κ1) is 20.9. The Bertz CT molecular complexity index is 1060. The summed E-state index contributed by atoms with van der Waals surface area (Å²) in [6, 6.07) is 5.57. The highest BCUT2D eigenvalue weighted by Crippen LogP contribution is 2.23. The standard InChI is InChI=1S/C16H18ClFN4O4S2/c17-14-10-12(18)4-6-15(14)27(23,24)21-20-16-7-5-13(11-19-16)28(25,26)22-8-2-1-3-9-22/h4-7,10-11,21H,1-3,8-9H2,(H,19,20). The number of piperidine rings is 1. The molecule has 152 valence electrons. The summed E-state index contributed by atoms with van der Waals surface area (Å²) in [7, 11) is -7.71. The minimum atomic E-state index is -4.09. The van der Waals surface area contributed by atoms with Gasteiger partial charge in [0.05, 0.1) is 5.02 Å². The number of hydrogen-bond acceptors (Lipinski definition) is 6. The molecule has 8 nitrogen and oxygen atoms in total. The highest BCUT2D eigenvalue weighted by molar-refractivity contribution is 7.89. The predicted molar refractivity (Wildman–Crippen MR) is 102 cm³/mol. The molecule has 1 fully saturated rings. The van der Waals surface area contributed by atoms with E-state index in [0.29, 0.717) is 13.1 Å². The van der Waals surface area contributed by atoms with Crippen LogP contribution in [0.5, 0.6) is 0 Å². The number of rotatable bonds is 6. The van der Waals surface area contributed by atoms with Gasteiger partial charge >= 0.3 is 0 Å². The Kier molecular flexibility index (Phi) is 6.20. The third-order valence-electron chi connectivity index (χ3n) is 4.19. The van der Waals surface area contributed by atoms with Crippen molar-refractivity contribution in [2.75, 3.05) is 18.5 Å². The molecule has 0 atom stereocenters. The molecule has 3 rings (SSSR count). The zero-order chi connectivity index (χ0) is 20.4. The quantitative estimate of drug-likeness (QED) is 0.656. The molecule has 0 radical (unpaired) electrons. The van der Waals surface area contributed by atoms with Crippen LogP contribution in [0, 0.1) is 5.82 Å². The second-order valence-electron chi connectivity index (χ2n) is 6.15. The Morgan fingerprint density at radius 3 is 2.36 bits per heavy atom. The van der Waals surface area contributed by atoms with Crippen LogP contribution in [0.15, 0.2) is 46.3 Å². The van der Waals surface area contributed by atoms with Gasteiger partial charge in [0.1, 0.15) is 21.4 Å². The summed E-state index contributed by atoms with van der Waals surface area (Å²) in [6.07, 6.45) is 3.80. The number of sulfonamides is 2. The van der Waals surface area contributed by atoms with E-state index >= 15 is 0 Å². The van der Waals surface area contributed by atoms with E-state index in [0.717, 1.165) is 43.7 Å². The van der Waals surface area contributed by atoms with E-state index in [1.807, 2.05) is 0 Å². The predicted octanol–water partition coefficient (Wildman–Crippen LogP) is 2.35. The first-order valence-electron chi connectivity index (χ1n) is 8.39. The molecule has 0 saturated carbocycles. The molecule has 1 aromatic heterocycles. The number of pyridine rings is 1. The molecule has 1 aromatic carbocycles. The molecule has 1 aliphatic rings. The Balaban J connectivity index is 1.70. The van der Waals surface area contributed by atoms with Crippen molar-refractivity contribution in [2.45, 2.75) is 29.1 Å². The second kappa shape index (κ2) is 8.29. The van der Waals surface area contributed by atoms with Crippen LogP contribution >= 0.6 is 11.6 Å². The zero-order valence-electron chi connectivity index (χ0n) is 14.6. The zero-order valence-corrected chi connectivity index (χ0v) is 17.0. The average Bonchev–Trinajstić information content (AvgIpc) is 2.67. The monoisotopic (exact) mass is 448 g/mol. The first-order valence-corrected chi connectivity index (χ1v) is 11.7. The van der Waals surface area contributed by atoms with Crippen LogP contribution in [0.2, 0.25) is 5.02 Å². The van der Waals surface area contributed by atoms with Gasteiger partial charge in [-0.15, -0.1) is 4.83 Å². The van der Waals surface area contributed by atoms with Crippen molar-refractivity contribution in [3.63, 3.8) is 0 Å². The largest absolute Gasteiger partial charge is 0.292 e. The molecule has 12 heteroatoms. The Labute approximate surface area is 167 Å². The fraction of sp³-hybridized carbons (Fsp3) is 0.312. The van der Waals surface area contributed by atoms with Crippen LogP contribution in [0.1, 0.15) is 19.3 Å². The molecule has 2 N–H and O–H groups in total. The van der Waals surface area contributed by atoms with Gasteiger partial charge in [-0.1, -0.05) is 18.0 Å². The van der Waals surface area contributed by atoms with Crippen molar-refractivity contribution in [1.29, 1.82) is 0 Å². The fourth-order valence-corrected chi connectivity index (χ4v) is 5.58. The lowest BCUT2D eigenvalue weighted by molar-refractivity contribution is 0.346. The number of hydrazine groups is 1.